The van der Waals surface area contributed by atoms with Crippen LogP contribution in [0.1, 0.15) is 61.1 Å². The fourth-order valence-corrected chi connectivity index (χ4v) is 11.1. The van der Waals surface area contributed by atoms with E-state index in [4.69, 9.17) is 0 Å². The molecule has 6 aromatic rings. The highest BCUT2D eigenvalue weighted by molar-refractivity contribution is 5.89. The molecule has 16 bridgehead atoms. The normalized spacial score (nSPS) is 27.8. The summed E-state index contributed by atoms with van der Waals surface area (Å²) < 4.78 is 0. The second kappa shape index (κ2) is 9.56. The van der Waals surface area contributed by atoms with E-state index in [1.54, 1.807) is 0 Å². The molecule has 0 unspecified atom stereocenters. The Balaban J connectivity index is 1.35. The molecule has 13 rings (SSSR count). The largest absolute Gasteiger partial charge is 0.338 e. The summed E-state index contributed by atoms with van der Waals surface area (Å²) in [4.78, 5) is 16.2. The smallest absolute Gasteiger partial charge is 0.193 e. The maximum atomic E-state index is 2.71. The van der Waals surface area contributed by atoms with Gasteiger partial charge in [-0.2, -0.15) is 0 Å². The molecule has 53 heavy (non-hydrogen) atoms. The van der Waals surface area contributed by atoms with Gasteiger partial charge in [0.05, 0.1) is 70.7 Å². The number of fused-ring (bicyclic) bond motifs is 3. The zero-order valence-electron chi connectivity index (χ0n) is 30.7. The highest BCUT2D eigenvalue weighted by atomic mass is 15.7. The van der Waals surface area contributed by atoms with Crippen molar-refractivity contribution in [1.29, 1.82) is 0 Å². The van der Waals surface area contributed by atoms with E-state index in [1.807, 2.05) is 0 Å². The average molecular weight is 691 g/mol. The molecule has 6 heteroatoms. The van der Waals surface area contributed by atoms with Crippen molar-refractivity contribution in [2.45, 2.75) is 50.1 Å². The van der Waals surface area contributed by atoms with E-state index in [2.05, 4.69) is 203 Å². The first kappa shape index (κ1) is 29.7. The number of anilines is 6. The van der Waals surface area contributed by atoms with Crippen LogP contribution in [-0.4, -0.2) is 25.8 Å². The van der Waals surface area contributed by atoms with Gasteiger partial charge < -0.3 is 29.4 Å². The molecule has 0 saturated carbocycles. The molecule has 0 spiro atoms. The summed E-state index contributed by atoms with van der Waals surface area (Å²) in [5.74, 6) is -0.629. The number of nitrogens with zero attached hydrogens (tertiary/aromatic N) is 6. The number of rotatable bonds is 0. The molecule has 0 amide bonds. The van der Waals surface area contributed by atoms with Gasteiger partial charge in [-0.05, 0) is 97.5 Å². The lowest BCUT2D eigenvalue weighted by atomic mass is 9.73. The zero-order chi connectivity index (χ0) is 35.5. The van der Waals surface area contributed by atoms with Crippen LogP contribution in [0.3, 0.4) is 0 Å². The van der Waals surface area contributed by atoms with Gasteiger partial charge in [-0.1, -0.05) is 109 Å². The van der Waals surface area contributed by atoms with E-state index in [0.717, 1.165) is 0 Å². The van der Waals surface area contributed by atoms with Crippen LogP contribution in [0.25, 0.3) is 0 Å². The van der Waals surface area contributed by atoms with Crippen molar-refractivity contribution in [3.8, 4) is 0 Å². The Labute approximate surface area is 311 Å². The molecule has 6 aromatic carbocycles. The molecule has 0 saturated heterocycles. The molecule has 6 heterocycles. The summed E-state index contributed by atoms with van der Waals surface area (Å²) in [6.45, 7) is 12.0. The predicted molar refractivity (Wildman–Crippen MR) is 216 cm³/mol. The maximum Gasteiger partial charge on any atom is 0.193 e. The van der Waals surface area contributed by atoms with Gasteiger partial charge in [0.15, 0.2) is 5.79 Å². The fraction of sp³-hybridized carbons (Fsp3) is 0.234. The summed E-state index contributed by atoms with van der Waals surface area (Å²) in [6.07, 6.45) is 0. The van der Waals surface area contributed by atoms with E-state index in [1.165, 1.54) is 67.5 Å². The molecule has 0 fully saturated rings. The lowest BCUT2D eigenvalue weighted by Gasteiger charge is -2.55. The fourth-order valence-electron chi connectivity index (χ4n) is 11.1. The SMILES string of the molecule is CC12c3cccc(c3)C3(C)c4cccc(c4)C(C)(c4cccc1c4)N1CN(c4ccccc41)C(C)(N1CN2c2ccccc21)N1CN3c2ccccc21. The van der Waals surface area contributed by atoms with E-state index >= 15 is 0 Å². The van der Waals surface area contributed by atoms with Crippen LogP contribution in [-0.2, 0) is 16.6 Å². The van der Waals surface area contributed by atoms with Gasteiger partial charge in [-0.25, -0.2) is 0 Å². The quantitative estimate of drug-likeness (QED) is 0.157. The Morgan fingerprint density at radius 3 is 0.774 bits per heavy atom. The van der Waals surface area contributed by atoms with Crippen LogP contribution in [0.4, 0.5) is 34.1 Å². The molecule has 0 radical (unpaired) electrons. The molecule has 6 aliphatic heterocycles. The highest BCUT2D eigenvalue weighted by Crippen LogP contribution is 2.59. The second-order valence-electron chi connectivity index (χ2n) is 16.4. The molecule has 260 valence electrons. The summed E-state index contributed by atoms with van der Waals surface area (Å²) in [6, 6.07) is 56.1. The highest BCUT2D eigenvalue weighted by Gasteiger charge is 2.59. The molecule has 7 aliphatic rings. The van der Waals surface area contributed by atoms with Crippen molar-refractivity contribution in [2.75, 3.05) is 49.4 Å². The minimum Gasteiger partial charge on any atom is -0.338 e. The molecule has 0 atom stereocenters. The summed E-state index contributed by atoms with van der Waals surface area (Å²) in [5.41, 5.74) is 13.8. The minimum absolute atomic E-state index is 0.502. The Hall–Kier alpha value is -5.88. The molecule has 0 N–H and O–H groups in total. The van der Waals surface area contributed by atoms with Gasteiger partial charge in [-0.15, -0.1) is 0 Å². The van der Waals surface area contributed by atoms with Gasteiger partial charge in [0.25, 0.3) is 0 Å². The third-order valence-corrected chi connectivity index (χ3v) is 14.4. The van der Waals surface area contributed by atoms with Gasteiger partial charge in [0, 0.05) is 0 Å². The lowest BCUT2D eigenvalue weighted by molar-refractivity contribution is 0.355. The van der Waals surface area contributed by atoms with Gasteiger partial charge in [0.1, 0.15) is 0 Å². The minimum atomic E-state index is -0.629. The molecule has 6 nitrogen and oxygen atoms in total. The van der Waals surface area contributed by atoms with Crippen molar-refractivity contribution >= 4 is 34.1 Å². The second-order valence-corrected chi connectivity index (χ2v) is 16.4. The van der Waals surface area contributed by atoms with Crippen molar-refractivity contribution in [3.63, 3.8) is 0 Å². The number of hydrogen-bond acceptors (Lipinski definition) is 6. The Kier molecular flexibility index (Phi) is 5.35. The first-order valence-electron chi connectivity index (χ1n) is 19.0. The van der Waals surface area contributed by atoms with E-state index < -0.39 is 22.4 Å². The summed E-state index contributed by atoms with van der Waals surface area (Å²) in [5, 5.41) is 0. The Morgan fingerprint density at radius 2 is 0.528 bits per heavy atom. The van der Waals surface area contributed by atoms with Crippen LogP contribution in [0.2, 0.25) is 0 Å². The predicted octanol–water partition coefficient (Wildman–Crippen LogP) is 9.34. The third-order valence-electron chi connectivity index (χ3n) is 14.4. The maximum absolute atomic E-state index is 2.71. The first-order valence-corrected chi connectivity index (χ1v) is 19.0. The third kappa shape index (κ3) is 3.29. The lowest BCUT2D eigenvalue weighted by Crippen LogP contribution is -2.72. The topological polar surface area (TPSA) is 19.4 Å². The Bertz CT molecular complexity index is 2210. The summed E-state index contributed by atoms with van der Waals surface area (Å²) in [7, 11) is 0. The molecular weight excluding hydrogens is 649 g/mol. The van der Waals surface area contributed by atoms with E-state index in [-0.39, 0.29) is 0 Å². The molecule has 0 aromatic heterocycles. The van der Waals surface area contributed by atoms with Crippen LogP contribution in [0.5, 0.6) is 0 Å². The van der Waals surface area contributed by atoms with Crippen LogP contribution < -0.4 is 29.4 Å². The van der Waals surface area contributed by atoms with Crippen molar-refractivity contribution in [1.82, 2.24) is 0 Å². The average Bonchev–Trinajstić information content (AvgIpc) is 3.93. The Morgan fingerprint density at radius 1 is 0.302 bits per heavy atom. The number of hydrogen-bond donors (Lipinski definition) is 0. The number of para-hydroxylation sites is 6. The molecule has 1 aliphatic carbocycles. The van der Waals surface area contributed by atoms with Crippen molar-refractivity contribution in [3.05, 3.63) is 179 Å². The molecular formula is C47H42N6. The van der Waals surface area contributed by atoms with Gasteiger partial charge in [-0.3, -0.25) is 0 Å². The van der Waals surface area contributed by atoms with Crippen molar-refractivity contribution in [2.24, 2.45) is 0 Å². The number of benzene rings is 6. The van der Waals surface area contributed by atoms with Gasteiger partial charge in [0.2, 0.25) is 0 Å². The zero-order valence-corrected chi connectivity index (χ0v) is 30.7. The van der Waals surface area contributed by atoms with Crippen LogP contribution in [0.15, 0.2) is 146 Å². The standard InChI is InChI=1S/C47H42N6/c1-44-32-14-11-16-34(26-32)45(2)36-18-13-19-37(28-36)46(3,35-17-12-15-33(44)27-35)50-31-53(43-25-10-7-22-40(43)50)47(4,51-29-48(44)38-20-5-8-23-41(38)51)52-30-49(45)39-21-6-9-24-42(39)52/h5-28H,29-31H2,1-4H3. The first-order chi connectivity index (χ1) is 25.8. The van der Waals surface area contributed by atoms with Crippen molar-refractivity contribution < 1.29 is 0 Å². The van der Waals surface area contributed by atoms with E-state index in [0.29, 0.717) is 20.0 Å². The van der Waals surface area contributed by atoms with E-state index in [9.17, 15) is 0 Å². The van der Waals surface area contributed by atoms with Gasteiger partial charge >= 0.3 is 0 Å². The van der Waals surface area contributed by atoms with Crippen LogP contribution in [0, 0.1) is 0 Å². The summed E-state index contributed by atoms with van der Waals surface area (Å²) >= 11 is 0. The monoisotopic (exact) mass is 690 g/mol. The van der Waals surface area contributed by atoms with Crippen LogP contribution >= 0.6 is 0 Å².